The van der Waals surface area contributed by atoms with Crippen LogP contribution in [0.3, 0.4) is 0 Å². The number of ether oxygens (including phenoxy) is 1. The number of pyridine rings is 1. The summed E-state index contributed by atoms with van der Waals surface area (Å²) in [6, 6.07) is 10.5. The van der Waals surface area contributed by atoms with Gasteiger partial charge in [0.15, 0.2) is 0 Å². The van der Waals surface area contributed by atoms with E-state index in [1.165, 1.54) is 12.1 Å². The molecule has 1 aromatic carbocycles. The number of carbonyl (C=O) groups is 1. The number of nitrogens with one attached hydrogen (secondary N) is 1. The van der Waals surface area contributed by atoms with Crippen molar-refractivity contribution in [2.75, 3.05) is 41.4 Å². The summed E-state index contributed by atoms with van der Waals surface area (Å²) >= 11 is 0. The van der Waals surface area contributed by atoms with Crippen molar-refractivity contribution < 1.29 is 9.53 Å². The van der Waals surface area contributed by atoms with Gasteiger partial charge in [-0.2, -0.15) is 0 Å². The summed E-state index contributed by atoms with van der Waals surface area (Å²) in [5.41, 5.74) is 4.56. The Bertz CT molecular complexity index is 973. The summed E-state index contributed by atoms with van der Waals surface area (Å²) in [4.78, 5) is 22.6. The summed E-state index contributed by atoms with van der Waals surface area (Å²) in [6.45, 7) is 4.40. The molecule has 1 aromatic heterocycles. The molecule has 0 atom stereocenters. The number of anilines is 4. The van der Waals surface area contributed by atoms with Gasteiger partial charge in [-0.25, -0.2) is 4.98 Å². The quantitative estimate of drug-likeness (QED) is 0.817. The predicted molar refractivity (Wildman–Crippen MR) is 117 cm³/mol. The Morgan fingerprint density at radius 3 is 2.73 bits per heavy atom. The SMILES string of the molecule is O=C(C1CCCCC1)N1Cc2cccnc2Nc2ccc(N3CC4(COC4)C3)cc21. The Morgan fingerprint density at radius 1 is 1.13 bits per heavy atom. The van der Waals surface area contributed by atoms with Crippen molar-refractivity contribution in [3.63, 3.8) is 0 Å². The molecule has 6 nitrogen and oxygen atoms in total. The minimum atomic E-state index is 0.132. The number of rotatable bonds is 2. The van der Waals surface area contributed by atoms with Crippen LogP contribution in [0.1, 0.15) is 37.7 Å². The lowest BCUT2D eigenvalue weighted by atomic mass is 9.78. The van der Waals surface area contributed by atoms with E-state index in [1.54, 1.807) is 6.20 Å². The second kappa shape index (κ2) is 6.98. The molecule has 3 fully saturated rings. The van der Waals surface area contributed by atoms with Gasteiger partial charge in [0.05, 0.1) is 36.5 Å². The summed E-state index contributed by atoms with van der Waals surface area (Å²) < 4.78 is 5.43. The molecule has 1 saturated carbocycles. The van der Waals surface area contributed by atoms with E-state index in [2.05, 4.69) is 39.5 Å². The molecular formula is C24H28N4O2. The van der Waals surface area contributed by atoms with Crippen molar-refractivity contribution in [2.45, 2.75) is 38.6 Å². The summed E-state index contributed by atoms with van der Waals surface area (Å²) in [5.74, 6) is 1.24. The van der Waals surface area contributed by atoms with Crippen molar-refractivity contribution in [1.29, 1.82) is 0 Å². The molecule has 0 radical (unpaired) electrons. The third kappa shape index (κ3) is 2.97. The van der Waals surface area contributed by atoms with Crippen LogP contribution in [0.5, 0.6) is 0 Å². The fourth-order valence-electron chi connectivity index (χ4n) is 5.39. The number of hydrogen-bond acceptors (Lipinski definition) is 5. The number of fused-ring (bicyclic) bond motifs is 2. The molecule has 4 aliphatic rings. The van der Waals surface area contributed by atoms with Gasteiger partial charge in [0.25, 0.3) is 0 Å². The lowest BCUT2D eigenvalue weighted by molar-refractivity contribution is -0.127. The van der Waals surface area contributed by atoms with Crippen LogP contribution in [0.15, 0.2) is 36.5 Å². The zero-order valence-electron chi connectivity index (χ0n) is 17.3. The highest BCUT2D eigenvalue weighted by molar-refractivity contribution is 6.00. The van der Waals surface area contributed by atoms with E-state index in [1.807, 2.05) is 11.0 Å². The van der Waals surface area contributed by atoms with Crippen molar-refractivity contribution in [1.82, 2.24) is 4.98 Å². The predicted octanol–water partition coefficient (Wildman–Crippen LogP) is 4.09. The average molecular weight is 405 g/mol. The lowest BCUT2D eigenvalue weighted by Gasteiger charge is -2.56. The highest BCUT2D eigenvalue weighted by atomic mass is 16.5. The van der Waals surface area contributed by atoms with E-state index < -0.39 is 0 Å². The Labute approximate surface area is 177 Å². The van der Waals surface area contributed by atoms with Crippen LogP contribution in [0.25, 0.3) is 0 Å². The second-order valence-electron chi connectivity index (χ2n) is 9.45. The molecule has 0 unspecified atom stereocenters. The van der Waals surface area contributed by atoms with Crippen molar-refractivity contribution >= 4 is 28.8 Å². The van der Waals surface area contributed by atoms with Crippen LogP contribution in [0.2, 0.25) is 0 Å². The fourth-order valence-corrected chi connectivity index (χ4v) is 5.39. The van der Waals surface area contributed by atoms with Gasteiger partial charge in [0.1, 0.15) is 5.82 Å². The maximum Gasteiger partial charge on any atom is 0.230 e. The number of carbonyl (C=O) groups excluding carboxylic acids is 1. The molecule has 2 saturated heterocycles. The monoisotopic (exact) mass is 404 g/mol. The normalized spacial score (nSPS) is 22.3. The molecule has 3 aliphatic heterocycles. The Hall–Kier alpha value is -2.60. The first-order valence-electron chi connectivity index (χ1n) is 11.2. The first-order chi connectivity index (χ1) is 14.7. The topological polar surface area (TPSA) is 57.7 Å². The van der Waals surface area contributed by atoms with E-state index in [9.17, 15) is 4.79 Å². The summed E-state index contributed by atoms with van der Waals surface area (Å²) in [6.07, 6.45) is 7.38. The van der Waals surface area contributed by atoms with Crippen molar-refractivity contribution in [3.8, 4) is 0 Å². The van der Waals surface area contributed by atoms with Crippen LogP contribution in [-0.2, 0) is 16.1 Å². The van der Waals surface area contributed by atoms with Gasteiger partial charge < -0.3 is 19.9 Å². The molecule has 156 valence electrons. The molecule has 4 heterocycles. The van der Waals surface area contributed by atoms with Gasteiger partial charge in [-0.15, -0.1) is 0 Å². The highest BCUT2D eigenvalue weighted by Crippen LogP contribution is 2.44. The molecule has 2 aromatic rings. The van der Waals surface area contributed by atoms with E-state index in [4.69, 9.17) is 4.74 Å². The van der Waals surface area contributed by atoms with Gasteiger partial charge in [-0.05, 0) is 37.1 Å². The van der Waals surface area contributed by atoms with Gasteiger partial charge in [-0.1, -0.05) is 25.3 Å². The third-order valence-electron chi connectivity index (χ3n) is 7.20. The standard InChI is InChI=1S/C24H28N4O2/c29-23(17-5-2-1-3-6-17)28-12-18-7-4-10-25-22(18)26-20-9-8-19(11-21(20)28)27-13-24(14-27)15-30-16-24/h4,7-11,17H,1-3,5-6,12-16H2,(H,25,26). The van der Waals surface area contributed by atoms with Crippen LogP contribution >= 0.6 is 0 Å². The zero-order chi connectivity index (χ0) is 20.1. The molecule has 1 amide bonds. The van der Waals surface area contributed by atoms with E-state index in [-0.39, 0.29) is 11.8 Å². The smallest absolute Gasteiger partial charge is 0.230 e. The van der Waals surface area contributed by atoms with E-state index in [0.29, 0.717) is 12.0 Å². The molecule has 30 heavy (non-hydrogen) atoms. The van der Waals surface area contributed by atoms with Crippen LogP contribution in [-0.4, -0.2) is 37.2 Å². The van der Waals surface area contributed by atoms with Gasteiger partial charge in [-0.3, -0.25) is 4.79 Å². The molecule has 1 N–H and O–H groups in total. The molecule has 1 spiro atoms. The van der Waals surface area contributed by atoms with Crippen LogP contribution in [0.4, 0.5) is 22.9 Å². The Balaban J connectivity index is 1.36. The molecular weight excluding hydrogens is 376 g/mol. The molecule has 1 aliphatic carbocycles. The largest absolute Gasteiger partial charge is 0.380 e. The first-order valence-corrected chi connectivity index (χ1v) is 11.2. The molecule has 6 heteroatoms. The number of nitrogens with zero attached hydrogens (tertiary/aromatic N) is 3. The lowest BCUT2D eigenvalue weighted by Crippen LogP contribution is -2.66. The van der Waals surface area contributed by atoms with Crippen LogP contribution < -0.4 is 15.1 Å². The van der Waals surface area contributed by atoms with Crippen molar-refractivity contribution in [2.24, 2.45) is 11.3 Å². The third-order valence-corrected chi connectivity index (χ3v) is 7.20. The fraction of sp³-hybridized carbons (Fsp3) is 0.500. The average Bonchev–Trinajstić information content (AvgIpc) is 2.88. The number of aromatic nitrogens is 1. The summed E-state index contributed by atoms with van der Waals surface area (Å²) in [7, 11) is 0. The van der Waals surface area contributed by atoms with E-state index >= 15 is 0 Å². The summed E-state index contributed by atoms with van der Waals surface area (Å²) in [5, 5.41) is 3.49. The Morgan fingerprint density at radius 2 is 1.97 bits per heavy atom. The number of hydrogen-bond donors (Lipinski definition) is 1. The molecule has 0 bridgehead atoms. The minimum absolute atomic E-state index is 0.132. The Kier molecular flexibility index (Phi) is 4.23. The van der Waals surface area contributed by atoms with Gasteiger partial charge in [0.2, 0.25) is 5.91 Å². The highest BCUT2D eigenvalue weighted by Gasteiger charge is 2.49. The zero-order valence-corrected chi connectivity index (χ0v) is 17.3. The van der Waals surface area contributed by atoms with Crippen LogP contribution in [0, 0.1) is 11.3 Å². The number of amides is 1. The van der Waals surface area contributed by atoms with Gasteiger partial charge in [0, 0.05) is 36.5 Å². The first kappa shape index (κ1) is 18.2. The second-order valence-corrected chi connectivity index (χ2v) is 9.45. The molecule has 6 rings (SSSR count). The van der Waals surface area contributed by atoms with Crippen molar-refractivity contribution in [3.05, 3.63) is 42.1 Å². The van der Waals surface area contributed by atoms with E-state index in [0.717, 1.165) is 74.7 Å². The number of benzene rings is 1. The minimum Gasteiger partial charge on any atom is -0.380 e. The van der Waals surface area contributed by atoms with Gasteiger partial charge >= 0.3 is 0 Å². The maximum atomic E-state index is 13.6. The maximum absolute atomic E-state index is 13.6.